The fourth-order valence-corrected chi connectivity index (χ4v) is 3.75. The normalized spacial score (nSPS) is 26.7. The Labute approximate surface area is 131 Å². The maximum atomic E-state index is 12.8. The third kappa shape index (κ3) is 3.74. The van der Waals surface area contributed by atoms with Crippen LogP contribution in [0.25, 0.3) is 0 Å². The van der Waals surface area contributed by atoms with Crippen LogP contribution in [-0.4, -0.2) is 6.04 Å². The standard InChI is InChI=1S/C16H19BrF3N/c17-14-7-6-12(16(18,19)20)9-15(14)21-13-3-1-2-11(8-13)10-4-5-10/h6-7,9-11,13,21H,1-5,8H2. The molecule has 1 aromatic carbocycles. The van der Waals surface area contributed by atoms with E-state index in [2.05, 4.69) is 21.2 Å². The van der Waals surface area contributed by atoms with E-state index in [4.69, 9.17) is 0 Å². The van der Waals surface area contributed by atoms with E-state index in [0.29, 0.717) is 16.2 Å². The van der Waals surface area contributed by atoms with Crippen molar-refractivity contribution in [1.29, 1.82) is 0 Å². The first-order valence-electron chi connectivity index (χ1n) is 7.57. The van der Waals surface area contributed by atoms with Crippen molar-refractivity contribution in [1.82, 2.24) is 0 Å². The molecular weight excluding hydrogens is 343 g/mol. The second kappa shape index (κ2) is 5.82. The lowest BCUT2D eigenvalue weighted by Crippen LogP contribution is -2.28. The second-order valence-corrected chi connectivity index (χ2v) is 7.15. The van der Waals surface area contributed by atoms with Crippen LogP contribution in [0.1, 0.15) is 44.1 Å². The molecule has 3 rings (SSSR count). The van der Waals surface area contributed by atoms with E-state index in [0.717, 1.165) is 30.7 Å². The summed E-state index contributed by atoms with van der Waals surface area (Å²) in [6.45, 7) is 0. The smallest absolute Gasteiger partial charge is 0.381 e. The molecule has 2 atom stereocenters. The van der Waals surface area contributed by atoms with Gasteiger partial charge in [0, 0.05) is 16.2 Å². The largest absolute Gasteiger partial charge is 0.416 e. The zero-order valence-electron chi connectivity index (χ0n) is 11.7. The van der Waals surface area contributed by atoms with E-state index in [1.807, 2.05) is 0 Å². The number of benzene rings is 1. The minimum absolute atomic E-state index is 0.295. The first-order valence-corrected chi connectivity index (χ1v) is 8.36. The zero-order valence-corrected chi connectivity index (χ0v) is 13.3. The van der Waals surface area contributed by atoms with Gasteiger partial charge in [0.1, 0.15) is 0 Å². The molecule has 2 unspecified atom stereocenters. The van der Waals surface area contributed by atoms with Crippen LogP contribution in [-0.2, 0) is 6.18 Å². The molecule has 0 amide bonds. The topological polar surface area (TPSA) is 12.0 Å². The molecule has 0 aromatic heterocycles. The van der Waals surface area contributed by atoms with Crippen LogP contribution in [0.5, 0.6) is 0 Å². The Morgan fingerprint density at radius 1 is 1.05 bits per heavy atom. The van der Waals surface area contributed by atoms with Crippen LogP contribution >= 0.6 is 15.9 Å². The Kier molecular flexibility index (Phi) is 4.21. The summed E-state index contributed by atoms with van der Waals surface area (Å²) in [5, 5.41) is 3.33. The molecule has 2 saturated carbocycles. The lowest BCUT2D eigenvalue weighted by molar-refractivity contribution is -0.137. The Balaban J connectivity index is 1.71. The summed E-state index contributed by atoms with van der Waals surface area (Å²) < 4.78 is 39.1. The first-order chi connectivity index (χ1) is 9.93. The van der Waals surface area contributed by atoms with Gasteiger partial charge in [-0.05, 0) is 71.6 Å². The maximum Gasteiger partial charge on any atom is 0.416 e. The van der Waals surface area contributed by atoms with E-state index >= 15 is 0 Å². The van der Waals surface area contributed by atoms with Gasteiger partial charge in [-0.1, -0.05) is 12.8 Å². The quantitative estimate of drug-likeness (QED) is 0.711. The average molecular weight is 362 g/mol. The number of hydrogen-bond acceptors (Lipinski definition) is 1. The summed E-state index contributed by atoms with van der Waals surface area (Å²) in [7, 11) is 0. The maximum absolute atomic E-state index is 12.8. The Bertz CT molecular complexity index is 511. The average Bonchev–Trinajstić information content (AvgIpc) is 3.25. The van der Waals surface area contributed by atoms with Gasteiger partial charge in [-0.25, -0.2) is 0 Å². The number of hydrogen-bond donors (Lipinski definition) is 1. The number of halogens is 4. The first kappa shape index (κ1) is 15.2. The summed E-state index contributed by atoms with van der Waals surface area (Å²) in [6, 6.07) is 4.10. The lowest BCUT2D eigenvalue weighted by atomic mass is 9.82. The molecule has 1 N–H and O–H groups in total. The molecule has 2 aliphatic carbocycles. The predicted octanol–water partition coefficient (Wildman–Crippen LogP) is 5.85. The molecule has 0 aliphatic heterocycles. The highest BCUT2D eigenvalue weighted by Gasteiger charge is 2.35. The van der Waals surface area contributed by atoms with Crippen molar-refractivity contribution in [3.8, 4) is 0 Å². The van der Waals surface area contributed by atoms with E-state index in [-0.39, 0.29) is 0 Å². The number of alkyl halides is 3. The lowest BCUT2D eigenvalue weighted by Gasteiger charge is -2.31. The molecule has 5 heteroatoms. The Hall–Kier alpha value is -0.710. The van der Waals surface area contributed by atoms with Crippen molar-refractivity contribution in [2.75, 3.05) is 5.32 Å². The minimum Gasteiger partial charge on any atom is -0.381 e. The molecule has 116 valence electrons. The summed E-state index contributed by atoms with van der Waals surface area (Å²) in [5.74, 6) is 1.64. The minimum atomic E-state index is -4.29. The fourth-order valence-electron chi connectivity index (χ4n) is 3.39. The molecular formula is C16H19BrF3N. The van der Waals surface area contributed by atoms with Gasteiger partial charge in [-0.15, -0.1) is 0 Å². The van der Waals surface area contributed by atoms with Gasteiger partial charge in [0.25, 0.3) is 0 Å². The van der Waals surface area contributed by atoms with Crippen LogP contribution in [0, 0.1) is 11.8 Å². The van der Waals surface area contributed by atoms with Crippen molar-refractivity contribution in [2.45, 2.75) is 50.7 Å². The molecule has 0 heterocycles. The van der Waals surface area contributed by atoms with E-state index in [9.17, 15) is 13.2 Å². The molecule has 2 aliphatic rings. The number of rotatable bonds is 3. The highest BCUT2D eigenvalue weighted by Crippen LogP contribution is 2.44. The van der Waals surface area contributed by atoms with Crippen LogP contribution in [0.2, 0.25) is 0 Å². The van der Waals surface area contributed by atoms with Crippen molar-refractivity contribution in [2.24, 2.45) is 11.8 Å². The van der Waals surface area contributed by atoms with Crippen LogP contribution in [0.4, 0.5) is 18.9 Å². The molecule has 21 heavy (non-hydrogen) atoms. The highest BCUT2D eigenvalue weighted by atomic mass is 79.9. The van der Waals surface area contributed by atoms with E-state index < -0.39 is 11.7 Å². The van der Waals surface area contributed by atoms with Gasteiger partial charge in [0.2, 0.25) is 0 Å². The summed E-state index contributed by atoms with van der Waals surface area (Å²) in [6.07, 6.45) is 2.98. The number of nitrogens with one attached hydrogen (secondary N) is 1. The molecule has 2 fully saturated rings. The SMILES string of the molecule is FC(F)(F)c1ccc(Br)c(NC2CCCC(C3CC3)C2)c1. The molecule has 0 radical (unpaired) electrons. The van der Waals surface area contributed by atoms with E-state index in [1.165, 1.54) is 37.8 Å². The molecule has 1 aromatic rings. The van der Waals surface area contributed by atoms with Gasteiger partial charge in [-0.2, -0.15) is 13.2 Å². The van der Waals surface area contributed by atoms with Gasteiger partial charge in [0.05, 0.1) is 5.56 Å². The molecule has 1 nitrogen and oxygen atoms in total. The summed E-state index contributed by atoms with van der Waals surface area (Å²) >= 11 is 3.35. The zero-order chi connectivity index (χ0) is 15.0. The van der Waals surface area contributed by atoms with Crippen molar-refractivity contribution in [3.63, 3.8) is 0 Å². The molecule has 0 spiro atoms. The van der Waals surface area contributed by atoms with Crippen LogP contribution in [0.3, 0.4) is 0 Å². The fraction of sp³-hybridized carbons (Fsp3) is 0.625. The van der Waals surface area contributed by atoms with Crippen molar-refractivity contribution >= 4 is 21.6 Å². The van der Waals surface area contributed by atoms with Crippen molar-refractivity contribution < 1.29 is 13.2 Å². The summed E-state index contributed by atoms with van der Waals surface area (Å²) in [5.41, 5.74) is -0.0333. The monoisotopic (exact) mass is 361 g/mol. The van der Waals surface area contributed by atoms with Crippen LogP contribution in [0.15, 0.2) is 22.7 Å². The molecule has 0 saturated heterocycles. The van der Waals surface area contributed by atoms with Gasteiger partial charge < -0.3 is 5.32 Å². The van der Waals surface area contributed by atoms with E-state index in [1.54, 1.807) is 0 Å². The predicted molar refractivity (Wildman–Crippen MR) is 81.2 cm³/mol. The second-order valence-electron chi connectivity index (χ2n) is 6.30. The Morgan fingerprint density at radius 2 is 1.81 bits per heavy atom. The van der Waals surface area contributed by atoms with Crippen molar-refractivity contribution in [3.05, 3.63) is 28.2 Å². The molecule has 0 bridgehead atoms. The van der Waals surface area contributed by atoms with Gasteiger partial charge in [-0.3, -0.25) is 0 Å². The van der Waals surface area contributed by atoms with Gasteiger partial charge in [0.15, 0.2) is 0 Å². The van der Waals surface area contributed by atoms with Crippen LogP contribution < -0.4 is 5.32 Å². The Morgan fingerprint density at radius 3 is 2.48 bits per heavy atom. The summed E-state index contributed by atoms with van der Waals surface area (Å²) in [4.78, 5) is 0. The van der Waals surface area contributed by atoms with Gasteiger partial charge >= 0.3 is 6.18 Å². The number of anilines is 1. The third-order valence-electron chi connectivity index (χ3n) is 4.66. The highest BCUT2D eigenvalue weighted by molar-refractivity contribution is 9.10. The third-order valence-corrected chi connectivity index (χ3v) is 5.35.